The number of hydrogen-bond acceptors (Lipinski definition) is 2. The Balaban J connectivity index is 2.08. The Labute approximate surface area is 95.1 Å². The van der Waals surface area contributed by atoms with Crippen molar-refractivity contribution < 1.29 is 9.90 Å². The highest BCUT2D eigenvalue weighted by Crippen LogP contribution is 2.38. The van der Waals surface area contributed by atoms with Gasteiger partial charge in [0.15, 0.2) is 0 Å². The Morgan fingerprint density at radius 2 is 2.20 bits per heavy atom. The van der Waals surface area contributed by atoms with E-state index in [0.717, 1.165) is 19.3 Å². The Kier molecular flexibility index (Phi) is 3.73. The number of carboxylic acid groups (broad SMARTS) is 1. The zero-order valence-corrected chi connectivity index (χ0v) is 9.76. The van der Waals surface area contributed by atoms with Gasteiger partial charge in [-0.15, -0.1) is 11.8 Å². The number of allylic oxidation sites excluding steroid dienone is 1. The van der Waals surface area contributed by atoms with Crippen molar-refractivity contribution in [2.45, 2.75) is 55.4 Å². The number of rotatable bonds is 1. The second-order valence-electron chi connectivity index (χ2n) is 4.41. The molecule has 2 unspecified atom stereocenters. The molecule has 3 heteroatoms. The number of hydrogen-bond donors (Lipinski definition) is 1. The van der Waals surface area contributed by atoms with E-state index in [9.17, 15) is 4.79 Å². The molecule has 0 saturated heterocycles. The summed E-state index contributed by atoms with van der Waals surface area (Å²) in [6.45, 7) is 0. The van der Waals surface area contributed by atoms with E-state index in [1.807, 2.05) is 0 Å². The Morgan fingerprint density at radius 3 is 3.00 bits per heavy atom. The second kappa shape index (κ2) is 5.06. The van der Waals surface area contributed by atoms with Crippen LogP contribution < -0.4 is 0 Å². The fourth-order valence-corrected chi connectivity index (χ4v) is 3.94. The molecule has 1 aliphatic carbocycles. The summed E-state index contributed by atoms with van der Waals surface area (Å²) in [5, 5.41) is 9.44. The first kappa shape index (κ1) is 11.1. The van der Waals surface area contributed by atoms with E-state index >= 15 is 0 Å². The molecule has 2 rings (SSSR count). The van der Waals surface area contributed by atoms with Crippen LogP contribution >= 0.6 is 11.8 Å². The second-order valence-corrected chi connectivity index (χ2v) is 5.82. The first-order chi connectivity index (χ1) is 7.27. The molecule has 2 aliphatic rings. The Hall–Kier alpha value is -0.440. The highest BCUT2D eigenvalue weighted by Gasteiger charge is 2.27. The van der Waals surface area contributed by atoms with Crippen LogP contribution in [0.5, 0.6) is 0 Å². The normalized spacial score (nSPS) is 35.6. The van der Waals surface area contributed by atoms with Gasteiger partial charge in [-0.25, -0.2) is 0 Å². The molecule has 15 heavy (non-hydrogen) atoms. The number of fused-ring (bicyclic) bond motifs is 1. The van der Waals surface area contributed by atoms with E-state index in [2.05, 4.69) is 6.08 Å². The molecule has 2 atom stereocenters. The highest BCUT2D eigenvalue weighted by atomic mass is 32.2. The summed E-state index contributed by atoms with van der Waals surface area (Å²) >= 11 is 1.69. The summed E-state index contributed by atoms with van der Waals surface area (Å²) < 4.78 is 0. The smallest absolute Gasteiger partial charge is 0.316 e. The van der Waals surface area contributed by atoms with Gasteiger partial charge in [0.2, 0.25) is 0 Å². The predicted octanol–water partition coefficient (Wildman–Crippen LogP) is 3.23. The standard InChI is InChI=1S/C12H18O2S/c13-12(14)11-8-4-2-6-9-5-1-3-7-10(9)15-11/h6,10-11H,1-5,7-8H2,(H,13,14)/b9-6-. The number of aliphatic carboxylic acids is 1. The lowest BCUT2D eigenvalue weighted by Crippen LogP contribution is -2.24. The summed E-state index contributed by atoms with van der Waals surface area (Å²) in [5.41, 5.74) is 1.53. The van der Waals surface area contributed by atoms with Crippen LogP contribution in [0, 0.1) is 0 Å². The van der Waals surface area contributed by atoms with E-state index in [0.29, 0.717) is 5.25 Å². The summed E-state index contributed by atoms with van der Waals surface area (Å²) in [6.07, 6.45) is 10.2. The molecule has 1 saturated carbocycles. The number of carbonyl (C=O) groups is 1. The molecule has 1 N–H and O–H groups in total. The zero-order valence-electron chi connectivity index (χ0n) is 8.95. The van der Waals surface area contributed by atoms with E-state index in [1.54, 1.807) is 11.8 Å². The van der Waals surface area contributed by atoms with Crippen LogP contribution in [0.3, 0.4) is 0 Å². The fourth-order valence-electron chi connectivity index (χ4n) is 2.43. The van der Waals surface area contributed by atoms with Crippen LogP contribution in [0.2, 0.25) is 0 Å². The minimum Gasteiger partial charge on any atom is -0.480 e. The lowest BCUT2D eigenvalue weighted by Gasteiger charge is -2.29. The first-order valence-corrected chi connectivity index (χ1v) is 6.79. The molecule has 0 aromatic rings. The third-order valence-corrected chi connectivity index (χ3v) is 4.91. The lowest BCUT2D eigenvalue weighted by molar-refractivity contribution is -0.136. The van der Waals surface area contributed by atoms with Gasteiger partial charge in [0.25, 0.3) is 0 Å². The van der Waals surface area contributed by atoms with E-state index < -0.39 is 5.97 Å². The van der Waals surface area contributed by atoms with Crippen molar-refractivity contribution >= 4 is 17.7 Å². The van der Waals surface area contributed by atoms with Crippen molar-refractivity contribution in [2.24, 2.45) is 0 Å². The molecule has 0 aromatic heterocycles. The molecule has 1 heterocycles. The minimum atomic E-state index is -0.619. The van der Waals surface area contributed by atoms with Crippen molar-refractivity contribution in [1.29, 1.82) is 0 Å². The number of carboxylic acids is 1. The minimum absolute atomic E-state index is 0.170. The van der Waals surface area contributed by atoms with Crippen molar-refractivity contribution in [3.63, 3.8) is 0 Å². The van der Waals surface area contributed by atoms with Crippen LogP contribution in [-0.4, -0.2) is 21.6 Å². The van der Waals surface area contributed by atoms with E-state index in [4.69, 9.17) is 5.11 Å². The van der Waals surface area contributed by atoms with Crippen LogP contribution in [0.4, 0.5) is 0 Å². The zero-order chi connectivity index (χ0) is 10.7. The molecule has 0 spiro atoms. The summed E-state index contributed by atoms with van der Waals surface area (Å²) in [5.74, 6) is -0.619. The Morgan fingerprint density at radius 1 is 1.33 bits per heavy atom. The molecule has 1 fully saturated rings. The molecule has 84 valence electrons. The maximum absolute atomic E-state index is 11.1. The molecular formula is C12H18O2S. The van der Waals surface area contributed by atoms with Gasteiger partial charge in [-0.2, -0.15) is 0 Å². The topological polar surface area (TPSA) is 37.3 Å². The highest BCUT2D eigenvalue weighted by molar-refractivity contribution is 8.01. The maximum Gasteiger partial charge on any atom is 0.316 e. The van der Waals surface area contributed by atoms with Gasteiger partial charge in [0.1, 0.15) is 5.25 Å². The largest absolute Gasteiger partial charge is 0.480 e. The van der Waals surface area contributed by atoms with Crippen molar-refractivity contribution in [2.75, 3.05) is 0 Å². The van der Waals surface area contributed by atoms with Gasteiger partial charge >= 0.3 is 5.97 Å². The fraction of sp³-hybridized carbons (Fsp3) is 0.750. The average molecular weight is 226 g/mol. The SMILES string of the molecule is O=C(O)C1CCC/C=C2/CCCCC2S1. The molecule has 0 amide bonds. The molecule has 0 bridgehead atoms. The summed E-state index contributed by atoms with van der Waals surface area (Å²) in [6, 6.07) is 0. The maximum atomic E-state index is 11.1. The predicted molar refractivity (Wildman–Crippen MR) is 63.2 cm³/mol. The third kappa shape index (κ3) is 2.77. The van der Waals surface area contributed by atoms with Crippen molar-refractivity contribution in [3.8, 4) is 0 Å². The van der Waals surface area contributed by atoms with Crippen LogP contribution in [0.1, 0.15) is 44.9 Å². The average Bonchev–Trinajstić information content (AvgIpc) is 2.18. The van der Waals surface area contributed by atoms with Gasteiger partial charge in [0, 0.05) is 5.25 Å². The molecule has 1 aliphatic heterocycles. The van der Waals surface area contributed by atoms with Gasteiger partial charge in [-0.3, -0.25) is 4.79 Å². The lowest BCUT2D eigenvalue weighted by atomic mass is 9.93. The van der Waals surface area contributed by atoms with Gasteiger partial charge < -0.3 is 5.11 Å². The molecule has 0 radical (unpaired) electrons. The summed E-state index contributed by atoms with van der Waals surface area (Å²) in [7, 11) is 0. The molecule has 2 nitrogen and oxygen atoms in total. The van der Waals surface area contributed by atoms with Crippen molar-refractivity contribution in [3.05, 3.63) is 11.6 Å². The monoisotopic (exact) mass is 226 g/mol. The third-order valence-electron chi connectivity index (χ3n) is 3.28. The quantitative estimate of drug-likeness (QED) is 0.697. The van der Waals surface area contributed by atoms with Gasteiger partial charge in [-0.1, -0.05) is 18.1 Å². The first-order valence-electron chi connectivity index (χ1n) is 5.84. The molecular weight excluding hydrogens is 208 g/mol. The van der Waals surface area contributed by atoms with E-state index in [1.165, 1.54) is 31.3 Å². The molecule has 0 aromatic carbocycles. The van der Waals surface area contributed by atoms with Gasteiger partial charge in [-0.05, 0) is 38.5 Å². The Bertz CT molecular complexity index is 273. The number of thioether (sulfide) groups is 1. The van der Waals surface area contributed by atoms with Crippen LogP contribution in [0.25, 0.3) is 0 Å². The van der Waals surface area contributed by atoms with Crippen molar-refractivity contribution in [1.82, 2.24) is 0 Å². The van der Waals surface area contributed by atoms with Gasteiger partial charge in [0.05, 0.1) is 0 Å². The van der Waals surface area contributed by atoms with Crippen LogP contribution in [-0.2, 0) is 4.79 Å². The van der Waals surface area contributed by atoms with E-state index in [-0.39, 0.29) is 5.25 Å². The summed E-state index contributed by atoms with van der Waals surface area (Å²) in [4.78, 5) is 11.1. The van der Waals surface area contributed by atoms with Crippen LogP contribution in [0.15, 0.2) is 11.6 Å².